The Morgan fingerprint density at radius 2 is 2.00 bits per heavy atom. The second-order valence-corrected chi connectivity index (χ2v) is 6.80. The molecule has 1 atom stereocenters. The molecule has 0 aliphatic carbocycles. The first-order chi connectivity index (χ1) is 11.5. The van der Waals surface area contributed by atoms with Crippen molar-refractivity contribution in [3.8, 4) is 5.75 Å². The summed E-state index contributed by atoms with van der Waals surface area (Å²) in [5.41, 5.74) is 1.06. The minimum atomic E-state index is -0.869. The van der Waals surface area contributed by atoms with E-state index >= 15 is 0 Å². The lowest BCUT2D eigenvalue weighted by Crippen LogP contribution is -2.36. The highest BCUT2D eigenvalue weighted by molar-refractivity contribution is 7.14. The average molecular weight is 347 g/mol. The molecule has 0 saturated heterocycles. The number of aliphatic carboxylic acids is 1. The van der Waals surface area contributed by atoms with Crippen LogP contribution in [0.2, 0.25) is 0 Å². The molecule has 2 N–H and O–H groups in total. The van der Waals surface area contributed by atoms with Crippen molar-refractivity contribution in [2.45, 2.75) is 32.2 Å². The summed E-state index contributed by atoms with van der Waals surface area (Å²) in [4.78, 5) is 24.9. The maximum atomic E-state index is 12.6. The first-order valence-corrected chi connectivity index (χ1v) is 8.52. The molecule has 2 aromatic rings. The van der Waals surface area contributed by atoms with Gasteiger partial charge in [-0.25, -0.2) is 0 Å². The van der Waals surface area contributed by atoms with Crippen molar-refractivity contribution in [3.05, 3.63) is 51.7 Å². The summed E-state index contributed by atoms with van der Waals surface area (Å²) in [6.07, 6.45) is 0.980. The van der Waals surface area contributed by atoms with E-state index in [-0.39, 0.29) is 18.4 Å². The van der Waals surface area contributed by atoms with Gasteiger partial charge in [-0.2, -0.15) is 0 Å². The Kier molecular flexibility index (Phi) is 6.37. The van der Waals surface area contributed by atoms with E-state index in [1.807, 2.05) is 43.3 Å². The van der Waals surface area contributed by atoms with Gasteiger partial charge in [0.1, 0.15) is 10.6 Å². The van der Waals surface area contributed by atoms with Crippen LogP contribution in [0.5, 0.6) is 5.75 Å². The van der Waals surface area contributed by atoms with Crippen LogP contribution in [0.25, 0.3) is 0 Å². The van der Waals surface area contributed by atoms with E-state index in [0.717, 1.165) is 10.4 Å². The topological polar surface area (TPSA) is 75.6 Å². The van der Waals surface area contributed by atoms with Gasteiger partial charge in [-0.15, -0.1) is 11.3 Å². The van der Waals surface area contributed by atoms with E-state index in [1.54, 1.807) is 0 Å². The van der Waals surface area contributed by atoms with Crippen molar-refractivity contribution in [2.75, 3.05) is 7.11 Å². The molecule has 0 fully saturated rings. The Labute approximate surface area is 145 Å². The number of hydrogen-bond acceptors (Lipinski definition) is 4. The van der Waals surface area contributed by atoms with Crippen molar-refractivity contribution < 1.29 is 19.4 Å². The van der Waals surface area contributed by atoms with Gasteiger partial charge in [0.2, 0.25) is 0 Å². The number of nitrogens with one attached hydrogen (secondary N) is 1. The fourth-order valence-electron chi connectivity index (χ4n) is 2.47. The van der Waals surface area contributed by atoms with E-state index in [4.69, 9.17) is 9.84 Å². The van der Waals surface area contributed by atoms with Gasteiger partial charge in [-0.05, 0) is 31.4 Å². The second-order valence-electron chi connectivity index (χ2n) is 5.55. The molecule has 1 unspecified atom stereocenters. The number of hydrogen-bond donors (Lipinski definition) is 2. The van der Waals surface area contributed by atoms with Gasteiger partial charge in [0.05, 0.1) is 7.11 Å². The summed E-state index contributed by atoms with van der Waals surface area (Å²) in [7, 11) is 1.53. The zero-order valence-corrected chi connectivity index (χ0v) is 14.6. The Balaban J connectivity index is 2.11. The Hall–Kier alpha value is -2.34. The molecule has 0 aliphatic rings. The highest BCUT2D eigenvalue weighted by Crippen LogP contribution is 2.28. The first-order valence-electron chi connectivity index (χ1n) is 7.70. The van der Waals surface area contributed by atoms with Crippen molar-refractivity contribution in [1.29, 1.82) is 0 Å². The predicted octanol–water partition coefficient (Wildman–Crippen LogP) is 3.27. The molecule has 1 amide bonds. The van der Waals surface area contributed by atoms with Gasteiger partial charge in [0.25, 0.3) is 5.91 Å². The number of carboxylic acid groups (broad SMARTS) is 1. The molecule has 0 radical (unpaired) electrons. The molecular formula is C18H21NO4S. The standard InChI is InChI=1S/C18H21NO4S/c1-12-10-15(23-2)17(24-12)18(22)19-14(8-9-16(20)21)11-13-6-4-3-5-7-13/h3-7,10,14H,8-9,11H2,1-2H3,(H,19,22)(H,20,21). The van der Waals surface area contributed by atoms with Crippen LogP contribution in [-0.2, 0) is 11.2 Å². The van der Waals surface area contributed by atoms with E-state index < -0.39 is 5.97 Å². The molecule has 0 saturated carbocycles. The molecule has 1 heterocycles. The lowest BCUT2D eigenvalue weighted by Gasteiger charge is -2.18. The van der Waals surface area contributed by atoms with Crippen LogP contribution in [0.4, 0.5) is 0 Å². The van der Waals surface area contributed by atoms with Crippen LogP contribution < -0.4 is 10.1 Å². The van der Waals surface area contributed by atoms with Gasteiger partial charge in [0.15, 0.2) is 0 Å². The smallest absolute Gasteiger partial charge is 0.303 e. The van der Waals surface area contributed by atoms with E-state index in [0.29, 0.717) is 23.5 Å². The Morgan fingerprint density at radius 1 is 1.29 bits per heavy atom. The summed E-state index contributed by atoms with van der Waals surface area (Å²) in [6.45, 7) is 1.91. The summed E-state index contributed by atoms with van der Waals surface area (Å²) in [5.74, 6) is -0.546. The third kappa shape index (κ3) is 5.09. The molecule has 5 nitrogen and oxygen atoms in total. The molecule has 1 aromatic carbocycles. The van der Waals surface area contributed by atoms with E-state index in [9.17, 15) is 9.59 Å². The number of thiophene rings is 1. The number of carbonyl (C=O) groups is 2. The number of rotatable bonds is 8. The third-order valence-electron chi connectivity index (χ3n) is 3.61. The summed E-state index contributed by atoms with van der Waals surface area (Å²) in [5, 5.41) is 11.9. The SMILES string of the molecule is COc1cc(C)sc1C(=O)NC(CCC(=O)O)Cc1ccccc1. The van der Waals surface area contributed by atoms with Crippen LogP contribution in [0, 0.1) is 6.92 Å². The predicted molar refractivity (Wildman–Crippen MR) is 93.9 cm³/mol. The minimum Gasteiger partial charge on any atom is -0.495 e. The minimum absolute atomic E-state index is 0.0123. The number of carboxylic acids is 1. The molecule has 6 heteroatoms. The van der Waals surface area contributed by atoms with Crippen LogP contribution in [0.3, 0.4) is 0 Å². The number of carbonyl (C=O) groups excluding carboxylic acids is 1. The fourth-order valence-corrected chi connectivity index (χ4v) is 3.36. The van der Waals surface area contributed by atoms with Gasteiger partial charge < -0.3 is 15.2 Å². The zero-order chi connectivity index (χ0) is 17.5. The van der Waals surface area contributed by atoms with Gasteiger partial charge >= 0.3 is 5.97 Å². The highest BCUT2D eigenvalue weighted by Gasteiger charge is 2.20. The number of benzene rings is 1. The molecule has 0 spiro atoms. The highest BCUT2D eigenvalue weighted by atomic mass is 32.1. The zero-order valence-electron chi connectivity index (χ0n) is 13.7. The van der Waals surface area contributed by atoms with E-state index in [2.05, 4.69) is 5.32 Å². The van der Waals surface area contributed by atoms with Crippen molar-refractivity contribution in [1.82, 2.24) is 5.32 Å². The van der Waals surface area contributed by atoms with Crippen LogP contribution >= 0.6 is 11.3 Å². The number of aryl methyl sites for hydroxylation is 1. The van der Waals surface area contributed by atoms with Crippen LogP contribution in [0.15, 0.2) is 36.4 Å². The van der Waals surface area contributed by atoms with Crippen molar-refractivity contribution in [2.24, 2.45) is 0 Å². The quantitative estimate of drug-likeness (QED) is 0.768. The number of methoxy groups -OCH3 is 1. The van der Waals surface area contributed by atoms with Crippen molar-refractivity contribution >= 4 is 23.2 Å². The summed E-state index contributed by atoms with van der Waals surface area (Å²) < 4.78 is 5.24. The number of amides is 1. The average Bonchev–Trinajstić information content (AvgIpc) is 2.94. The van der Waals surface area contributed by atoms with Crippen LogP contribution in [0.1, 0.15) is 33.0 Å². The lowest BCUT2D eigenvalue weighted by molar-refractivity contribution is -0.137. The van der Waals surface area contributed by atoms with Crippen molar-refractivity contribution in [3.63, 3.8) is 0 Å². The van der Waals surface area contributed by atoms with E-state index in [1.165, 1.54) is 18.4 Å². The van der Waals surface area contributed by atoms with Gasteiger partial charge in [-0.1, -0.05) is 30.3 Å². The lowest BCUT2D eigenvalue weighted by atomic mass is 10.0. The Bertz CT molecular complexity index is 696. The normalized spacial score (nSPS) is 11.8. The molecule has 0 bridgehead atoms. The fraction of sp³-hybridized carbons (Fsp3) is 0.333. The molecule has 24 heavy (non-hydrogen) atoms. The molecular weight excluding hydrogens is 326 g/mol. The largest absolute Gasteiger partial charge is 0.495 e. The molecule has 0 aliphatic heterocycles. The summed E-state index contributed by atoms with van der Waals surface area (Å²) >= 11 is 1.37. The molecule has 1 aromatic heterocycles. The van der Waals surface area contributed by atoms with Gasteiger partial charge in [-0.3, -0.25) is 9.59 Å². The maximum absolute atomic E-state index is 12.6. The number of ether oxygens (including phenoxy) is 1. The maximum Gasteiger partial charge on any atom is 0.303 e. The molecule has 2 rings (SSSR count). The monoisotopic (exact) mass is 347 g/mol. The second kappa shape index (κ2) is 8.49. The summed E-state index contributed by atoms with van der Waals surface area (Å²) in [6, 6.07) is 11.3. The first kappa shape index (κ1) is 18.0. The molecule has 128 valence electrons. The Morgan fingerprint density at radius 3 is 2.62 bits per heavy atom. The third-order valence-corrected chi connectivity index (χ3v) is 4.64. The van der Waals surface area contributed by atoms with Crippen LogP contribution in [-0.4, -0.2) is 30.1 Å². The van der Waals surface area contributed by atoms with Gasteiger partial charge in [0, 0.05) is 17.3 Å².